The summed E-state index contributed by atoms with van der Waals surface area (Å²) in [6, 6.07) is 4.63. The summed E-state index contributed by atoms with van der Waals surface area (Å²) in [4.78, 5) is 48.2. The molecule has 0 aliphatic carbocycles. The number of ether oxygens (including phenoxy) is 4. The molecule has 1 aromatic rings. The molecule has 11 nitrogen and oxygen atoms in total. The molecule has 1 saturated heterocycles. The second-order valence-electron chi connectivity index (χ2n) is 7.76. The SMILES string of the molecule is O=C(O)COCCOCCOCCOCC#Cc1cccc2c1CN(C1CCC(=O)NC1=O)C2=O. The molecule has 0 bridgehead atoms. The molecule has 0 spiro atoms. The fraction of sp³-hybridized carbons (Fsp3) is 0.500. The van der Waals surface area contributed by atoms with Gasteiger partial charge in [0.2, 0.25) is 11.8 Å². The van der Waals surface area contributed by atoms with Gasteiger partial charge >= 0.3 is 5.97 Å². The van der Waals surface area contributed by atoms with E-state index in [4.69, 9.17) is 24.1 Å². The number of rotatable bonds is 13. The first-order valence-corrected chi connectivity index (χ1v) is 11.3. The minimum atomic E-state index is -1.02. The summed E-state index contributed by atoms with van der Waals surface area (Å²) in [6.07, 6.45) is 0.523. The number of nitrogens with zero attached hydrogens (tertiary/aromatic N) is 1. The van der Waals surface area contributed by atoms with Gasteiger partial charge in [-0.2, -0.15) is 0 Å². The smallest absolute Gasteiger partial charge is 0.329 e. The summed E-state index contributed by atoms with van der Waals surface area (Å²) >= 11 is 0. The van der Waals surface area contributed by atoms with Gasteiger partial charge in [0.05, 0.1) is 39.6 Å². The number of aliphatic carboxylic acids is 1. The van der Waals surface area contributed by atoms with E-state index < -0.39 is 17.9 Å². The molecule has 2 heterocycles. The highest BCUT2D eigenvalue weighted by Gasteiger charge is 2.39. The second kappa shape index (κ2) is 13.6. The number of amides is 3. The lowest BCUT2D eigenvalue weighted by Gasteiger charge is -2.29. The molecule has 188 valence electrons. The van der Waals surface area contributed by atoms with E-state index in [1.807, 2.05) is 6.07 Å². The van der Waals surface area contributed by atoms with E-state index in [2.05, 4.69) is 17.2 Å². The maximum Gasteiger partial charge on any atom is 0.329 e. The Bertz CT molecular complexity index is 998. The summed E-state index contributed by atoms with van der Waals surface area (Å²) < 4.78 is 20.9. The zero-order chi connectivity index (χ0) is 25.0. The van der Waals surface area contributed by atoms with Gasteiger partial charge in [0, 0.05) is 24.1 Å². The molecule has 3 amide bonds. The molecule has 1 atom stereocenters. The van der Waals surface area contributed by atoms with Crippen LogP contribution in [0, 0.1) is 11.8 Å². The Hall–Kier alpha value is -3.30. The lowest BCUT2D eigenvalue weighted by atomic mass is 10.0. The third-order valence-electron chi connectivity index (χ3n) is 5.32. The maximum atomic E-state index is 12.8. The van der Waals surface area contributed by atoms with Crippen LogP contribution in [0.25, 0.3) is 0 Å². The summed E-state index contributed by atoms with van der Waals surface area (Å²) in [7, 11) is 0. The predicted octanol–water partition coefficient (Wildman–Crippen LogP) is -0.0499. The first kappa shape index (κ1) is 26.3. The molecule has 0 saturated carbocycles. The molecule has 11 heteroatoms. The number of benzene rings is 1. The fourth-order valence-corrected chi connectivity index (χ4v) is 3.67. The summed E-state index contributed by atoms with van der Waals surface area (Å²) in [6.45, 7) is 2.09. The van der Waals surface area contributed by atoms with Crippen LogP contribution in [0.1, 0.15) is 34.3 Å². The number of hydrogen-bond donors (Lipinski definition) is 2. The van der Waals surface area contributed by atoms with Gasteiger partial charge in [0.15, 0.2) is 0 Å². The van der Waals surface area contributed by atoms with E-state index >= 15 is 0 Å². The highest BCUT2D eigenvalue weighted by Crippen LogP contribution is 2.29. The molecule has 2 N–H and O–H groups in total. The minimum Gasteiger partial charge on any atom is -0.480 e. The summed E-state index contributed by atoms with van der Waals surface area (Å²) in [5.74, 6) is 3.95. The molecule has 3 rings (SSSR count). The average molecular weight is 488 g/mol. The van der Waals surface area contributed by atoms with Crippen molar-refractivity contribution in [2.24, 2.45) is 0 Å². The molecule has 1 unspecified atom stereocenters. The van der Waals surface area contributed by atoms with Crippen LogP contribution in [0.3, 0.4) is 0 Å². The van der Waals surface area contributed by atoms with E-state index in [1.165, 1.54) is 4.90 Å². The molecule has 0 radical (unpaired) electrons. The molecular weight excluding hydrogens is 460 g/mol. The van der Waals surface area contributed by atoms with Crippen molar-refractivity contribution in [3.05, 3.63) is 34.9 Å². The molecule has 1 fully saturated rings. The zero-order valence-corrected chi connectivity index (χ0v) is 19.2. The Morgan fingerprint density at radius 3 is 2.40 bits per heavy atom. The molecule has 0 aromatic heterocycles. The number of hydrogen-bond acceptors (Lipinski definition) is 8. The van der Waals surface area contributed by atoms with Crippen molar-refractivity contribution in [3.63, 3.8) is 0 Å². The topological polar surface area (TPSA) is 141 Å². The van der Waals surface area contributed by atoms with Gasteiger partial charge < -0.3 is 29.0 Å². The van der Waals surface area contributed by atoms with Crippen molar-refractivity contribution in [3.8, 4) is 11.8 Å². The van der Waals surface area contributed by atoms with Crippen molar-refractivity contribution in [1.29, 1.82) is 0 Å². The third-order valence-corrected chi connectivity index (χ3v) is 5.32. The van der Waals surface area contributed by atoms with Crippen molar-refractivity contribution >= 4 is 23.7 Å². The number of piperidine rings is 1. The van der Waals surface area contributed by atoms with Gasteiger partial charge in [0.1, 0.15) is 19.3 Å². The van der Waals surface area contributed by atoms with Crippen LogP contribution in [-0.4, -0.2) is 92.6 Å². The number of imide groups is 1. The highest BCUT2D eigenvalue weighted by molar-refractivity contribution is 6.05. The molecule has 2 aliphatic rings. The molecular formula is C24H28N2O9. The van der Waals surface area contributed by atoms with Crippen LogP contribution in [0.4, 0.5) is 0 Å². The fourth-order valence-electron chi connectivity index (χ4n) is 3.67. The zero-order valence-electron chi connectivity index (χ0n) is 19.2. The summed E-state index contributed by atoms with van der Waals surface area (Å²) in [5, 5.41) is 10.7. The number of carboxylic acids is 1. The van der Waals surface area contributed by atoms with E-state index in [0.29, 0.717) is 50.6 Å². The van der Waals surface area contributed by atoms with Gasteiger partial charge in [-0.3, -0.25) is 19.7 Å². The maximum absolute atomic E-state index is 12.8. The van der Waals surface area contributed by atoms with Gasteiger partial charge in [-0.1, -0.05) is 17.9 Å². The van der Waals surface area contributed by atoms with Crippen LogP contribution in [0.15, 0.2) is 18.2 Å². The minimum absolute atomic E-state index is 0.190. The quantitative estimate of drug-likeness (QED) is 0.222. The van der Waals surface area contributed by atoms with Gasteiger partial charge in [-0.25, -0.2) is 4.79 Å². The highest BCUT2D eigenvalue weighted by atomic mass is 16.6. The van der Waals surface area contributed by atoms with Gasteiger partial charge in [-0.15, -0.1) is 0 Å². The number of carbonyl (C=O) groups is 4. The first-order chi connectivity index (χ1) is 17.0. The first-order valence-electron chi connectivity index (χ1n) is 11.3. The van der Waals surface area contributed by atoms with Crippen LogP contribution in [-0.2, 0) is 39.9 Å². The van der Waals surface area contributed by atoms with E-state index in [1.54, 1.807) is 12.1 Å². The Labute approximate surface area is 202 Å². The summed E-state index contributed by atoms with van der Waals surface area (Å²) in [5.41, 5.74) is 1.99. The van der Waals surface area contributed by atoms with Crippen molar-refractivity contribution in [1.82, 2.24) is 10.2 Å². The Balaban J connectivity index is 1.34. The molecule has 1 aromatic carbocycles. The molecule has 2 aliphatic heterocycles. The lowest BCUT2D eigenvalue weighted by Crippen LogP contribution is -2.52. The van der Waals surface area contributed by atoms with Gasteiger partial charge in [-0.05, 0) is 24.1 Å². The molecule has 35 heavy (non-hydrogen) atoms. The van der Waals surface area contributed by atoms with Crippen LogP contribution in [0.5, 0.6) is 0 Å². The van der Waals surface area contributed by atoms with Crippen molar-refractivity contribution in [2.75, 3.05) is 52.9 Å². The second-order valence-corrected chi connectivity index (χ2v) is 7.76. The van der Waals surface area contributed by atoms with Crippen LogP contribution in [0.2, 0.25) is 0 Å². The van der Waals surface area contributed by atoms with Crippen molar-refractivity contribution < 1.29 is 43.2 Å². The van der Waals surface area contributed by atoms with E-state index in [0.717, 1.165) is 5.56 Å². The number of carbonyl (C=O) groups excluding carboxylic acids is 3. The van der Waals surface area contributed by atoms with E-state index in [9.17, 15) is 19.2 Å². The van der Waals surface area contributed by atoms with E-state index in [-0.39, 0.29) is 44.6 Å². The average Bonchev–Trinajstić information content (AvgIpc) is 3.16. The predicted molar refractivity (Wildman–Crippen MR) is 120 cm³/mol. The third kappa shape index (κ3) is 7.87. The van der Waals surface area contributed by atoms with Crippen LogP contribution < -0.4 is 5.32 Å². The monoisotopic (exact) mass is 488 g/mol. The Morgan fingerprint density at radius 2 is 1.71 bits per heavy atom. The standard InChI is InChI=1S/C24H28N2O9/c27-21-7-6-20(23(30)25-21)26-15-19-17(3-1-5-18(19)24(26)31)4-2-8-32-9-10-33-11-12-34-13-14-35-16-22(28)29/h1,3,5,20H,6-16H2,(H,28,29)(H,25,27,30). The lowest BCUT2D eigenvalue weighted by molar-refractivity contribution is -0.143. The Kier molecular flexibility index (Phi) is 10.2. The Morgan fingerprint density at radius 1 is 1.03 bits per heavy atom. The number of nitrogens with one attached hydrogen (secondary N) is 1. The van der Waals surface area contributed by atoms with Gasteiger partial charge in [0.25, 0.3) is 5.91 Å². The largest absolute Gasteiger partial charge is 0.480 e. The van der Waals surface area contributed by atoms with Crippen molar-refractivity contribution in [2.45, 2.75) is 25.4 Å². The van der Waals surface area contributed by atoms with Crippen LogP contribution >= 0.6 is 0 Å². The number of fused-ring (bicyclic) bond motifs is 1. The normalized spacial score (nSPS) is 17.1. The number of carboxylic acid groups (broad SMARTS) is 1.